The van der Waals surface area contributed by atoms with Crippen LogP contribution in [0.15, 0.2) is 83.5 Å². The highest BCUT2D eigenvalue weighted by Gasteiger charge is 2.25. The summed E-state index contributed by atoms with van der Waals surface area (Å²) in [4.78, 5) is 19.3. The van der Waals surface area contributed by atoms with Gasteiger partial charge >= 0.3 is 7.82 Å². The summed E-state index contributed by atoms with van der Waals surface area (Å²) >= 11 is 0. The highest BCUT2D eigenvalue weighted by molar-refractivity contribution is 7.46. The third-order valence-corrected chi connectivity index (χ3v) is 5.70. The van der Waals surface area contributed by atoms with E-state index >= 15 is 0 Å². The minimum absolute atomic E-state index is 0.374. The number of aliphatic hydroxyl groups excluding tert-OH is 1. The Labute approximate surface area is 190 Å². The SMILES string of the molecule is NC1C(c2cc(Cc3ccc(C(O)c4ccccc4)cc3)no2)=CC=CN1COP(=O)(O)O. The highest BCUT2D eigenvalue weighted by Crippen LogP contribution is 2.36. The summed E-state index contributed by atoms with van der Waals surface area (Å²) in [6, 6.07) is 18.9. The van der Waals surface area contributed by atoms with E-state index in [1.807, 2.05) is 54.6 Å². The maximum atomic E-state index is 11.0. The van der Waals surface area contributed by atoms with E-state index in [-0.39, 0.29) is 6.73 Å². The lowest BCUT2D eigenvalue weighted by atomic mass is 9.99. The fourth-order valence-corrected chi connectivity index (χ4v) is 3.79. The predicted molar refractivity (Wildman–Crippen MR) is 121 cm³/mol. The smallest absolute Gasteiger partial charge is 0.384 e. The standard InChI is InChI=1S/C23H24N3O6P/c24-23-20(7-4-12-26(23)15-31-33(28,29)30)21-14-19(25-32-21)13-16-8-10-18(11-9-16)22(27)17-5-2-1-3-6-17/h1-12,14,22-23,27H,13,15,24H2,(H2,28,29,30). The first-order valence-electron chi connectivity index (χ1n) is 10.2. The molecule has 2 heterocycles. The molecule has 1 aliphatic heterocycles. The average molecular weight is 469 g/mol. The van der Waals surface area contributed by atoms with Crippen molar-refractivity contribution < 1.29 is 28.5 Å². The number of nitrogens with two attached hydrogens (primary N) is 1. The quantitative estimate of drug-likeness (QED) is 0.366. The van der Waals surface area contributed by atoms with Crippen LogP contribution in [0.5, 0.6) is 0 Å². The molecule has 0 fully saturated rings. The Balaban J connectivity index is 1.41. The Morgan fingerprint density at radius 3 is 2.52 bits per heavy atom. The van der Waals surface area contributed by atoms with Gasteiger partial charge in [0.25, 0.3) is 0 Å². The fourth-order valence-electron chi connectivity index (χ4n) is 3.51. The van der Waals surface area contributed by atoms with Gasteiger partial charge in [-0.1, -0.05) is 65.8 Å². The lowest BCUT2D eigenvalue weighted by Gasteiger charge is -2.30. The van der Waals surface area contributed by atoms with Gasteiger partial charge in [-0.2, -0.15) is 0 Å². The lowest BCUT2D eigenvalue weighted by molar-refractivity contribution is 0.110. The minimum atomic E-state index is -4.61. The van der Waals surface area contributed by atoms with Crippen molar-refractivity contribution in [3.63, 3.8) is 0 Å². The van der Waals surface area contributed by atoms with Crippen molar-refractivity contribution in [3.8, 4) is 0 Å². The minimum Gasteiger partial charge on any atom is -0.384 e. The van der Waals surface area contributed by atoms with Gasteiger partial charge in [0.05, 0.1) is 5.69 Å². The van der Waals surface area contributed by atoms with Gasteiger partial charge in [-0.15, -0.1) is 0 Å². The molecule has 0 radical (unpaired) electrons. The average Bonchev–Trinajstić information content (AvgIpc) is 3.26. The summed E-state index contributed by atoms with van der Waals surface area (Å²) in [7, 11) is -4.61. The molecule has 33 heavy (non-hydrogen) atoms. The zero-order chi connectivity index (χ0) is 23.4. The van der Waals surface area contributed by atoms with Crippen molar-refractivity contribution in [1.29, 1.82) is 0 Å². The largest absolute Gasteiger partial charge is 0.471 e. The molecule has 3 aromatic rings. The molecule has 172 valence electrons. The van der Waals surface area contributed by atoms with Crippen LogP contribution in [0.3, 0.4) is 0 Å². The number of nitrogens with zero attached hydrogens (tertiary/aromatic N) is 2. The molecular weight excluding hydrogens is 445 g/mol. The van der Waals surface area contributed by atoms with E-state index in [0.29, 0.717) is 23.4 Å². The second-order valence-corrected chi connectivity index (χ2v) is 8.82. The Kier molecular flexibility index (Phi) is 6.90. The Bertz CT molecular complexity index is 1190. The molecule has 0 saturated carbocycles. The van der Waals surface area contributed by atoms with E-state index in [9.17, 15) is 9.67 Å². The number of benzene rings is 2. The van der Waals surface area contributed by atoms with Crippen molar-refractivity contribution in [2.45, 2.75) is 18.7 Å². The molecule has 2 unspecified atom stereocenters. The monoisotopic (exact) mass is 469 g/mol. The summed E-state index contributed by atoms with van der Waals surface area (Å²) in [5.74, 6) is 0.458. The Morgan fingerprint density at radius 2 is 1.82 bits per heavy atom. The van der Waals surface area contributed by atoms with E-state index < -0.39 is 20.1 Å². The van der Waals surface area contributed by atoms with Gasteiger partial charge in [0.1, 0.15) is 19.0 Å². The van der Waals surface area contributed by atoms with Gasteiger partial charge in [-0.3, -0.25) is 4.52 Å². The normalized spacial score (nSPS) is 17.2. The molecule has 4 rings (SSSR count). The molecule has 10 heteroatoms. The van der Waals surface area contributed by atoms with Crippen molar-refractivity contribution in [2.24, 2.45) is 5.73 Å². The molecule has 1 aromatic heterocycles. The third-order valence-electron chi connectivity index (χ3n) is 5.24. The highest BCUT2D eigenvalue weighted by atomic mass is 31.2. The third kappa shape index (κ3) is 5.85. The number of allylic oxidation sites excluding steroid dienone is 2. The first-order chi connectivity index (χ1) is 15.8. The van der Waals surface area contributed by atoms with Crippen molar-refractivity contribution in [3.05, 3.63) is 107 Å². The van der Waals surface area contributed by atoms with Crippen LogP contribution < -0.4 is 5.73 Å². The molecule has 0 aliphatic carbocycles. The zero-order valence-electron chi connectivity index (χ0n) is 17.6. The van der Waals surface area contributed by atoms with Crippen LogP contribution in [0.4, 0.5) is 0 Å². The van der Waals surface area contributed by atoms with Gasteiger partial charge in [-0.05, 0) is 22.8 Å². The van der Waals surface area contributed by atoms with Crippen LogP contribution in [0, 0.1) is 0 Å². The number of hydrogen-bond acceptors (Lipinski definition) is 7. The van der Waals surface area contributed by atoms with E-state index in [2.05, 4.69) is 9.68 Å². The molecule has 2 aromatic carbocycles. The number of aromatic nitrogens is 1. The summed E-state index contributed by atoms with van der Waals surface area (Å²) < 4.78 is 21.0. The van der Waals surface area contributed by atoms with Crippen molar-refractivity contribution in [2.75, 3.05) is 6.73 Å². The van der Waals surface area contributed by atoms with Gasteiger partial charge in [0.15, 0.2) is 5.76 Å². The summed E-state index contributed by atoms with van der Waals surface area (Å²) in [5, 5.41) is 14.7. The topological polar surface area (TPSA) is 142 Å². The van der Waals surface area contributed by atoms with Crippen LogP contribution in [0.2, 0.25) is 0 Å². The van der Waals surface area contributed by atoms with Crippen LogP contribution in [-0.4, -0.2) is 37.8 Å². The first-order valence-corrected chi connectivity index (χ1v) is 11.7. The second-order valence-electron chi connectivity index (χ2n) is 7.59. The van der Waals surface area contributed by atoms with Gasteiger partial charge in [0.2, 0.25) is 0 Å². The summed E-state index contributed by atoms with van der Waals surface area (Å²) in [6.07, 6.45) is 4.12. The van der Waals surface area contributed by atoms with Crippen LogP contribution >= 0.6 is 7.82 Å². The molecule has 1 aliphatic rings. The van der Waals surface area contributed by atoms with Crippen molar-refractivity contribution >= 4 is 13.4 Å². The zero-order valence-corrected chi connectivity index (χ0v) is 18.5. The molecule has 0 bridgehead atoms. The number of hydrogen-bond donors (Lipinski definition) is 4. The molecule has 2 atom stereocenters. The maximum absolute atomic E-state index is 11.0. The number of phosphoric ester groups is 1. The van der Waals surface area contributed by atoms with Gasteiger partial charge in [0, 0.05) is 24.3 Å². The predicted octanol–water partition coefficient (Wildman–Crippen LogP) is 2.91. The number of aliphatic hydroxyl groups is 1. The Morgan fingerprint density at radius 1 is 1.12 bits per heavy atom. The second kappa shape index (κ2) is 9.84. The number of phosphoric acid groups is 1. The molecule has 9 nitrogen and oxygen atoms in total. The summed E-state index contributed by atoms with van der Waals surface area (Å²) in [6.45, 7) is -0.374. The van der Waals surface area contributed by atoms with E-state index in [1.54, 1.807) is 24.4 Å². The molecule has 0 spiro atoms. The van der Waals surface area contributed by atoms with Gasteiger partial charge < -0.3 is 30.1 Å². The fraction of sp³-hybridized carbons (Fsp3) is 0.174. The maximum Gasteiger partial charge on any atom is 0.471 e. The first kappa shape index (κ1) is 23.1. The van der Waals surface area contributed by atoms with Crippen LogP contribution in [-0.2, 0) is 15.5 Å². The van der Waals surface area contributed by atoms with Gasteiger partial charge in [-0.25, -0.2) is 4.57 Å². The molecular formula is C23H24N3O6P. The van der Waals surface area contributed by atoms with E-state index in [1.165, 1.54) is 4.90 Å². The number of rotatable bonds is 8. The molecule has 0 saturated heterocycles. The summed E-state index contributed by atoms with van der Waals surface area (Å²) in [5.41, 5.74) is 10.1. The lowest BCUT2D eigenvalue weighted by Crippen LogP contribution is -2.41. The van der Waals surface area contributed by atoms with E-state index in [4.69, 9.17) is 20.0 Å². The molecule has 5 N–H and O–H groups in total. The van der Waals surface area contributed by atoms with Crippen LogP contribution in [0.25, 0.3) is 5.57 Å². The molecule has 0 amide bonds. The Hall–Kier alpha value is -3.04. The van der Waals surface area contributed by atoms with E-state index in [0.717, 1.165) is 16.7 Å². The van der Waals surface area contributed by atoms with Crippen LogP contribution in [0.1, 0.15) is 34.2 Å². The van der Waals surface area contributed by atoms with Crippen molar-refractivity contribution in [1.82, 2.24) is 10.1 Å².